The van der Waals surface area contributed by atoms with Gasteiger partial charge in [-0.3, -0.25) is 4.79 Å². The van der Waals surface area contributed by atoms with Gasteiger partial charge in [-0.05, 0) is 60.2 Å². The predicted molar refractivity (Wildman–Crippen MR) is 101 cm³/mol. The lowest BCUT2D eigenvalue weighted by molar-refractivity contribution is -0.145. The molecule has 8 heteroatoms. The molecule has 27 heavy (non-hydrogen) atoms. The first-order valence-electron chi connectivity index (χ1n) is 8.56. The Hall–Kier alpha value is -1.93. The van der Waals surface area contributed by atoms with Gasteiger partial charge >= 0.3 is 5.97 Å². The van der Waals surface area contributed by atoms with Gasteiger partial charge in [0, 0.05) is 11.6 Å². The average molecular weight is 410 g/mol. The number of sulfonamides is 1. The van der Waals surface area contributed by atoms with Crippen molar-refractivity contribution in [1.82, 2.24) is 4.72 Å². The number of nitrogens with one attached hydrogen (secondary N) is 1. The van der Waals surface area contributed by atoms with Gasteiger partial charge in [0.25, 0.3) is 0 Å². The number of aliphatic hydroxyl groups excluding tert-OH is 1. The van der Waals surface area contributed by atoms with Crippen LogP contribution in [-0.2, 0) is 27.7 Å². The molecule has 0 radical (unpaired) electrons. The molecule has 3 N–H and O–H groups in total. The predicted octanol–water partition coefficient (Wildman–Crippen LogP) is 2.54. The van der Waals surface area contributed by atoms with Gasteiger partial charge in [-0.1, -0.05) is 29.8 Å². The van der Waals surface area contributed by atoms with Gasteiger partial charge in [-0.25, -0.2) is 13.1 Å². The molecule has 1 aliphatic rings. The molecular weight excluding hydrogens is 390 g/mol. The lowest BCUT2D eigenvalue weighted by atomic mass is 9.93. The van der Waals surface area contributed by atoms with Gasteiger partial charge in [0.15, 0.2) is 0 Å². The summed E-state index contributed by atoms with van der Waals surface area (Å²) in [7, 11) is -3.91. The second-order valence-corrected chi connectivity index (χ2v) is 8.78. The lowest BCUT2D eigenvalue weighted by Crippen LogP contribution is -2.36. The number of carboxylic acids is 1. The third-order valence-corrected chi connectivity index (χ3v) is 6.47. The van der Waals surface area contributed by atoms with Crippen LogP contribution in [0.2, 0.25) is 5.02 Å². The summed E-state index contributed by atoms with van der Waals surface area (Å²) in [6, 6.07) is 11.0. The quantitative estimate of drug-likeness (QED) is 0.652. The van der Waals surface area contributed by atoms with Crippen LogP contribution in [0.5, 0.6) is 0 Å². The van der Waals surface area contributed by atoms with E-state index in [1.54, 1.807) is 6.07 Å². The molecule has 0 saturated heterocycles. The molecule has 0 fully saturated rings. The number of carboxylic acid groups (broad SMARTS) is 1. The molecule has 3 rings (SSSR count). The van der Waals surface area contributed by atoms with Crippen LogP contribution in [0.1, 0.15) is 29.2 Å². The molecule has 0 spiro atoms. The third-order valence-electron chi connectivity index (χ3n) is 4.78. The van der Waals surface area contributed by atoms with E-state index in [4.69, 9.17) is 11.6 Å². The summed E-state index contributed by atoms with van der Waals surface area (Å²) in [4.78, 5) is 11.6. The van der Waals surface area contributed by atoms with Crippen molar-refractivity contribution in [3.63, 3.8) is 0 Å². The molecule has 2 atom stereocenters. The molecule has 0 bridgehead atoms. The second kappa shape index (κ2) is 7.98. The Labute approximate surface area is 162 Å². The maximum atomic E-state index is 12.4. The molecule has 6 nitrogen and oxygen atoms in total. The summed E-state index contributed by atoms with van der Waals surface area (Å²) in [6.45, 7) is -0.432. The Morgan fingerprint density at radius 2 is 1.78 bits per heavy atom. The Bertz CT molecular complexity index is 943. The number of fused-ring (bicyclic) bond motifs is 1. The molecule has 0 aromatic heterocycles. The molecule has 0 amide bonds. The van der Waals surface area contributed by atoms with E-state index < -0.39 is 34.6 Å². The van der Waals surface area contributed by atoms with Crippen LogP contribution < -0.4 is 4.72 Å². The van der Waals surface area contributed by atoms with Gasteiger partial charge < -0.3 is 10.2 Å². The largest absolute Gasteiger partial charge is 0.481 e. The topological polar surface area (TPSA) is 104 Å². The lowest BCUT2D eigenvalue weighted by Gasteiger charge is -2.20. The number of hydrogen-bond donors (Lipinski definition) is 3. The number of aryl methyl sites for hydroxylation is 2. The highest BCUT2D eigenvalue weighted by Gasteiger charge is 2.30. The summed E-state index contributed by atoms with van der Waals surface area (Å²) >= 11 is 5.75. The van der Waals surface area contributed by atoms with Gasteiger partial charge in [-0.2, -0.15) is 0 Å². The monoisotopic (exact) mass is 409 g/mol. The van der Waals surface area contributed by atoms with E-state index in [-0.39, 0.29) is 4.90 Å². The summed E-state index contributed by atoms with van der Waals surface area (Å²) in [5.41, 5.74) is 2.80. The highest BCUT2D eigenvalue weighted by atomic mass is 35.5. The van der Waals surface area contributed by atoms with Crippen LogP contribution in [0.15, 0.2) is 47.4 Å². The maximum absolute atomic E-state index is 12.4. The number of carbonyl (C=O) groups is 1. The fourth-order valence-corrected chi connectivity index (χ4v) is 4.42. The minimum Gasteiger partial charge on any atom is -0.481 e. The number of aliphatic hydroxyl groups is 1. The zero-order valence-corrected chi connectivity index (χ0v) is 16.0. The van der Waals surface area contributed by atoms with E-state index in [0.717, 1.165) is 24.8 Å². The normalized spacial score (nSPS) is 15.9. The van der Waals surface area contributed by atoms with Gasteiger partial charge in [-0.15, -0.1) is 0 Å². The minimum absolute atomic E-state index is 0.0249. The fraction of sp³-hybridized carbons (Fsp3) is 0.316. The second-order valence-electron chi connectivity index (χ2n) is 6.58. The molecule has 144 valence electrons. The van der Waals surface area contributed by atoms with Crippen molar-refractivity contribution in [2.24, 2.45) is 5.92 Å². The van der Waals surface area contributed by atoms with Gasteiger partial charge in [0.05, 0.1) is 11.0 Å². The smallest absolute Gasteiger partial charge is 0.310 e. The molecule has 2 aromatic carbocycles. The number of rotatable bonds is 7. The first-order valence-corrected chi connectivity index (χ1v) is 10.4. The Balaban J connectivity index is 1.75. The van der Waals surface area contributed by atoms with Crippen molar-refractivity contribution in [1.29, 1.82) is 0 Å². The zero-order valence-electron chi connectivity index (χ0n) is 14.4. The first kappa shape index (κ1) is 19.8. The first-order chi connectivity index (χ1) is 12.8. The van der Waals surface area contributed by atoms with Gasteiger partial charge in [0.2, 0.25) is 10.0 Å². The van der Waals surface area contributed by atoms with Crippen molar-refractivity contribution in [3.8, 4) is 0 Å². The third kappa shape index (κ3) is 4.50. The van der Waals surface area contributed by atoms with E-state index in [1.807, 2.05) is 12.1 Å². The summed E-state index contributed by atoms with van der Waals surface area (Å²) in [5, 5.41) is 20.4. The number of halogens is 1. The van der Waals surface area contributed by atoms with Crippen molar-refractivity contribution >= 4 is 27.6 Å². The van der Waals surface area contributed by atoms with Gasteiger partial charge in [0.1, 0.15) is 5.92 Å². The molecule has 0 aliphatic heterocycles. The molecule has 2 aromatic rings. The van der Waals surface area contributed by atoms with E-state index >= 15 is 0 Å². The fourth-order valence-electron chi connectivity index (χ4n) is 3.24. The Kier molecular flexibility index (Phi) is 5.86. The van der Waals surface area contributed by atoms with Crippen molar-refractivity contribution in [2.45, 2.75) is 30.3 Å². The highest BCUT2D eigenvalue weighted by Crippen LogP contribution is 2.29. The molecule has 1 aliphatic carbocycles. The summed E-state index contributed by atoms with van der Waals surface area (Å²) < 4.78 is 27.0. The van der Waals surface area contributed by atoms with E-state index in [9.17, 15) is 23.4 Å². The van der Waals surface area contributed by atoms with E-state index in [0.29, 0.717) is 10.6 Å². The molecular formula is C19H20ClNO5S. The summed E-state index contributed by atoms with van der Waals surface area (Å²) in [6.07, 6.45) is 1.60. The van der Waals surface area contributed by atoms with Crippen LogP contribution in [0.3, 0.4) is 0 Å². The van der Waals surface area contributed by atoms with Crippen LogP contribution >= 0.6 is 11.6 Å². The molecule has 0 heterocycles. The zero-order chi connectivity index (χ0) is 19.6. The standard InChI is InChI=1S/C19H20ClNO5S/c20-15-6-8-16(9-7-15)27(25,26)21-11-17(19(23)24)18(22)14-5-4-12-2-1-3-13(12)10-14/h4-10,17-18,21-22H,1-3,11H2,(H,23,24). The SMILES string of the molecule is O=C(O)C(CNS(=O)(=O)c1ccc(Cl)cc1)C(O)c1ccc2c(c1)CCC2. The molecule has 2 unspecified atom stereocenters. The van der Waals surface area contributed by atoms with Crippen LogP contribution in [0, 0.1) is 5.92 Å². The van der Waals surface area contributed by atoms with Crippen LogP contribution in [0.25, 0.3) is 0 Å². The number of aliphatic carboxylic acids is 1. The van der Waals surface area contributed by atoms with Crippen LogP contribution in [0.4, 0.5) is 0 Å². The molecule has 0 saturated carbocycles. The maximum Gasteiger partial charge on any atom is 0.310 e. The van der Waals surface area contributed by atoms with Crippen LogP contribution in [-0.4, -0.2) is 31.1 Å². The Morgan fingerprint density at radius 1 is 1.11 bits per heavy atom. The summed E-state index contributed by atoms with van der Waals surface area (Å²) in [5.74, 6) is -2.59. The average Bonchev–Trinajstić information content (AvgIpc) is 3.09. The number of benzene rings is 2. The van der Waals surface area contributed by atoms with E-state index in [2.05, 4.69) is 4.72 Å². The number of hydrogen-bond acceptors (Lipinski definition) is 4. The van der Waals surface area contributed by atoms with Crippen molar-refractivity contribution in [2.75, 3.05) is 6.54 Å². The highest BCUT2D eigenvalue weighted by molar-refractivity contribution is 7.89. The van der Waals surface area contributed by atoms with Crippen molar-refractivity contribution in [3.05, 3.63) is 64.2 Å². The minimum atomic E-state index is -3.91. The van der Waals surface area contributed by atoms with Crippen molar-refractivity contribution < 1.29 is 23.4 Å². The van der Waals surface area contributed by atoms with E-state index in [1.165, 1.54) is 29.8 Å². The Morgan fingerprint density at radius 3 is 2.44 bits per heavy atom.